The van der Waals surface area contributed by atoms with Crippen LogP contribution in [0.25, 0.3) is 0 Å². The first-order chi connectivity index (χ1) is 5.72. The molecule has 2 N–H and O–H groups in total. The maximum Gasteiger partial charge on any atom is 0.0658 e. The summed E-state index contributed by atoms with van der Waals surface area (Å²) >= 11 is 2.21. The Bertz CT molecular complexity index is 98.5. The van der Waals surface area contributed by atoms with Crippen molar-refractivity contribution >= 4 is 22.6 Å². The van der Waals surface area contributed by atoms with E-state index >= 15 is 0 Å². The number of unbranched alkanes of at least 4 members (excludes halogenated alkanes) is 2. The van der Waals surface area contributed by atoms with Crippen LogP contribution in [0.2, 0.25) is 0 Å². The molecule has 0 bridgehead atoms. The topological polar surface area (TPSA) is 40.5 Å². The van der Waals surface area contributed by atoms with Gasteiger partial charge in [0.25, 0.3) is 0 Å². The molecule has 0 aromatic carbocycles. The summed E-state index contributed by atoms with van der Waals surface area (Å²) in [6, 6.07) is 0. The molecule has 0 aromatic heterocycles. The maximum atomic E-state index is 9.56. The van der Waals surface area contributed by atoms with E-state index in [2.05, 4.69) is 29.5 Å². The molecule has 2 nitrogen and oxygen atoms in total. The first kappa shape index (κ1) is 12.7. The molecule has 3 heteroatoms. The van der Waals surface area contributed by atoms with Gasteiger partial charge in [0.15, 0.2) is 0 Å². The van der Waals surface area contributed by atoms with Crippen molar-refractivity contribution in [2.75, 3.05) is 6.61 Å². The molecule has 0 unspecified atom stereocenters. The average molecular weight is 286 g/mol. The van der Waals surface area contributed by atoms with E-state index in [0.717, 1.165) is 12.8 Å². The standard InChI is InChI=1S/C9H19IO2/c1-2-3-4-5-9(12)8(10)6-7-11/h8-9,11-12H,2-7H2,1H3/t8-,9-/m0/s1. The van der Waals surface area contributed by atoms with E-state index in [1.807, 2.05) is 0 Å². The van der Waals surface area contributed by atoms with Crippen LogP contribution in [0.5, 0.6) is 0 Å². The molecule has 0 aliphatic carbocycles. The highest BCUT2D eigenvalue weighted by Crippen LogP contribution is 2.16. The normalized spacial score (nSPS) is 16.0. The van der Waals surface area contributed by atoms with Gasteiger partial charge in [0.05, 0.1) is 6.10 Å². The minimum Gasteiger partial charge on any atom is -0.396 e. The second-order valence-corrected chi connectivity index (χ2v) is 4.69. The molecule has 0 fully saturated rings. The molecule has 0 spiro atoms. The Morgan fingerprint density at radius 3 is 2.42 bits per heavy atom. The van der Waals surface area contributed by atoms with Crippen molar-refractivity contribution in [1.82, 2.24) is 0 Å². The van der Waals surface area contributed by atoms with Crippen LogP contribution < -0.4 is 0 Å². The predicted molar refractivity (Wildman–Crippen MR) is 59.7 cm³/mol. The van der Waals surface area contributed by atoms with Crippen LogP contribution in [0, 0.1) is 0 Å². The van der Waals surface area contributed by atoms with Crippen LogP contribution in [0.1, 0.15) is 39.0 Å². The van der Waals surface area contributed by atoms with Crippen molar-refractivity contribution in [3.8, 4) is 0 Å². The lowest BCUT2D eigenvalue weighted by molar-refractivity contribution is 0.149. The number of aliphatic hydroxyl groups is 2. The van der Waals surface area contributed by atoms with Crippen molar-refractivity contribution < 1.29 is 10.2 Å². The molecule has 0 saturated heterocycles. The highest BCUT2D eigenvalue weighted by molar-refractivity contribution is 14.1. The molecule has 0 radical (unpaired) electrons. The fraction of sp³-hybridized carbons (Fsp3) is 1.00. The van der Waals surface area contributed by atoms with Gasteiger partial charge in [-0.15, -0.1) is 0 Å². The summed E-state index contributed by atoms with van der Waals surface area (Å²) in [4.78, 5) is 0. The SMILES string of the molecule is CCCCC[C@H](O)[C@@H](I)CCO. The Balaban J connectivity index is 3.35. The number of aliphatic hydroxyl groups excluding tert-OH is 2. The molecule has 0 rings (SSSR count). The largest absolute Gasteiger partial charge is 0.396 e. The van der Waals surface area contributed by atoms with Crippen molar-refractivity contribution in [2.45, 2.75) is 49.1 Å². The Kier molecular flexibility index (Phi) is 8.70. The molecule has 12 heavy (non-hydrogen) atoms. The summed E-state index contributed by atoms with van der Waals surface area (Å²) in [5.74, 6) is 0. The average Bonchev–Trinajstić information content (AvgIpc) is 2.05. The van der Waals surface area contributed by atoms with Gasteiger partial charge in [-0.1, -0.05) is 48.8 Å². The van der Waals surface area contributed by atoms with Crippen molar-refractivity contribution in [3.63, 3.8) is 0 Å². The summed E-state index contributed by atoms with van der Waals surface area (Å²) in [6.45, 7) is 2.33. The van der Waals surface area contributed by atoms with E-state index in [-0.39, 0.29) is 16.6 Å². The molecule has 2 atom stereocenters. The number of alkyl halides is 1. The Morgan fingerprint density at radius 2 is 1.92 bits per heavy atom. The Labute approximate surface area is 88.5 Å². The van der Waals surface area contributed by atoms with E-state index in [1.54, 1.807) is 0 Å². The summed E-state index contributed by atoms with van der Waals surface area (Å²) in [7, 11) is 0. The van der Waals surface area contributed by atoms with E-state index in [1.165, 1.54) is 12.8 Å². The van der Waals surface area contributed by atoms with Crippen molar-refractivity contribution in [3.05, 3.63) is 0 Å². The lowest BCUT2D eigenvalue weighted by Gasteiger charge is -2.15. The molecule has 0 heterocycles. The van der Waals surface area contributed by atoms with Crippen LogP contribution in [-0.4, -0.2) is 26.8 Å². The highest BCUT2D eigenvalue weighted by atomic mass is 127. The summed E-state index contributed by atoms with van der Waals surface area (Å²) in [6.07, 6.45) is 4.83. The minimum absolute atomic E-state index is 0.179. The molecule has 0 amide bonds. The number of halogens is 1. The monoisotopic (exact) mass is 286 g/mol. The first-order valence-electron chi connectivity index (χ1n) is 4.65. The van der Waals surface area contributed by atoms with Crippen molar-refractivity contribution in [2.24, 2.45) is 0 Å². The van der Waals surface area contributed by atoms with Crippen LogP contribution >= 0.6 is 22.6 Å². The second-order valence-electron chi connectivity index (χ2n) is 3.09. The van der Waals surface area contributed by atoms with E-state index in [9.17, 15) is 5.11 Å². The van der Waals surface area contributed by atoms with Gasteiger partial charge in [-0.2, -0.15) is 0 Å². The minimum atomic E-state index is -0.232. The number of rotatable bonds is 7. The zero-order valence-electron chi connectivity index (χ0n) is 7.67. The molecule has 0 aromatic rings. The summed E-state index contributed by atoms with van der Waals surface area (Å²) in [5, 5.41) is 18.2. The lowest BCUT2D eigenvalue weighted by Crippen LogP contribution is -2.21. The fourth-order valence-electron chi connectivity index (χ4n) is 1.10. The summed E-state index contributed by atoms with van der Waals surface area (Å²) in [5.41, 5.74) is 0. The molecule has 0 aliphatic heterocycles. The van der Waals surface area contributed by atoms with Gasteiger partial charge in [-0.05, 0) is 12.8 Å². The van der Waals surface area contributed by atoms with E-state index in [0.29, 0.717) is 6.42 Å². The molecular weight excluding hydrogens is 267 g/mol. The molecule has 0 aliphatic rings. The van der Waals surface area contributed by atoms with Gasteiger partial charge in [0, 0.05) is 10.5 Å². The summed E-state index contributed by atoms with van der Waals surface area (Å²) < 4.78 is 0.212. The lowest BCUT2D eigenvalue weighted by atomic mass is 10.1. The Morgan fingerprint density at radius 1 is 1.25 bits per heavy atom. The van der Waals surface area contributed by atoms with Gasteiger partial charge in [0.2, 0.25) is 0 Å². The van der Waals surface area contributed by atoms with Gasteiger partial charge in [-0.25, -0.2) is 0 Å². The third-order valence-electron chi connectivity index (χ3n) is 1.93. The van der Waals surface area contributed by atoms with Crippen molar-refractivity contribution in [1.29, 1.82) is 0 Å². The number of hydrogen-bond donors (Lipinski definition) is 2. The zero-order chi connectivity index (χ0) is 9.40. The molecule has 74 valence electrons. The van der Waals surface area contributed by atoms with Gasteiger partial charge in [-0.3, -0.25) is 0 Å². The van der Waals surface area contributed by atoms with Gasteiger partial charge >= 0.3 is 0 Å². The molecule has 0 saturated carbocycles. The van der Waals surface area contributed by atoms with Crippen LogP contribution in [-0.2, 0) is 0 Å². The van der Waals surface area contributed by atoms with Gasteiger partial charge < -0.3 is 10.2 Å². The smallest absolute Gasteiger partial charge is 0.0658 e. The third-order valence-corrected chi connectivity index (χ3v) is 3.38. The highest BCUT2D eigenvalue weighted by Gasteiger charge is 2.13. The number of hydrogen-bond acceptors (Lipinski definition) is 2. The maximum absolute atomic E-state index is 9.56. The second kappa shape index (κ2) is 8.26. The van der Waals surface area contributed by atoms with E-state index < -0.39 is 0 Å². The van der Waals surface area contributed by atoms with Crippen LogP contribution in [0.3, 0.4) is 0 Å². The van der Waals surface area contributed by atoms with Crippen LogP contribution in [0.15, 0.2) is 0 Å². The van der Waals surface area contributed by atoms with E-state index in [4.69, 9.17) is 5.11 Å². The Hall–Kier alpha value is 0.650. The predicted octanol–water partition coefficient (Wildman–Crippen LogP) is 2.11. The van der Waals surface area contributed by atoms with Crippen LogP contribution in [0.4, 0.5) is 0 Å². The molecular formula is C9H19IO2. The fourth-order valence-corrected chi connectivity index (χ4v) is 1.74. The third kappa shape index (κ3) is 6.20. The van der Waals surface area contributed by atoms with Gasteiger partial charge in [0.1, 0.15) is 0 Å². The zero-order valence-corrected chi connectivity index (χ0v) is 9.83. The first-order valence-corrected chi connectivity index (χ1v) is 5.90. The quantitative estimate of drug-likeness (QED) is 0.427.